The molecular weight excluding hydrogens is 867 g/mol. The molecule has 7 aromatic rings. The Kier molecular flexibility index (Phi) is 13.0. The predicted octanol–water partition coefficient (Wildman–Crippen LogP) is 13.2. The summed E-state index contributed by atoms with van der Waals surface area (Å²) in [7, 11) is -1.43. The zero-order valence-electron chi connectivity index (χ0n) is 32.1. The van der Waals surface area contributed by atoms with Gasteiger partial charge in [0.2, 0.25) is 0 Å². The van der Waals surface area contributed by atoms with Crippen molar-refractivity contribution in [1.82, 2.24) is 4.98 Å². The predicted molar refractivity (Wildman–Crippen MR) is 226 cm³/mol. The first-order chi connectivity index (χ1) is 25.0. The van der Waals surface area contributed by atoms with Crippen molar-refractivity contribution < 1.29 is 34.4 Å². The molecule has 0 saturated heterocycles. The third-order valence-corrected chi connectivity index (χ3v) is 13.7. The van der Waals surface area contributed by atoms with Crippen LogP contribution in [0.3, 0.4) is 0 Å². The average Bonchev–Trinajstić information content (AvgIpc) is 3.70. The number of allylic oxidation sites excluding steroid dienone is 2. The Labute approximate surface area is 332 Å². The topological polar surface area (TPSA) is 63.3 Å². The first kappa shape index (κ1) is 40.3. The minimum absolute atomic E-state index is 0. The number of hydrogen-bond acceptors (Lipinski definition) is 5. The normalized spacial score (nSPS) is 12.2. The fourth-order valence-electron chi connectivity index (χ4n) is 7.13. The van der Waals surface area contributed by atoms with E-state index in [2.05, 4.69) is 111 Å². The number of benzene rings is 4. The van der Waals surface area contributed by atoms with Crippen molar-refractivity contribution in [1.29, 1.82) is 0 Å². The van der Waals surface area contributed by atoms with Crippen LogP contribution in [0.5, 0.6) is 0 Å². The largest absolute Gasteiger partial charge is 0.512 e. The number of rotatable bonds is 10. The molecule has 0 saturated carbocycles. The third kappa shape index (κ3) is 8.29. The van der Waals surface area contributed by atoms with Gasteiger partial charge in [-0.1, -0.05) is 123 Å². The van der Waals surface area contributed by atoms with Crippen LogP contribution < -0.4 is 5.19 Å². The van der Waals surface area contributed by atoms with Crippen LogP contribution in [0.25, 0.3) is 64.5 Å². The van der Waals surface area contributed by atoms with Gasteiger partial charge in [0.05, 0.1) is 13.8 Å². The monoisotopic (exact) mass is 917 g/mol. The maximum absolute atomic E-state index is 11.7. The van der Waals surface area contributed by atoms with E-state index in [-0.39, 0.29) is 43.5 Å². The molecule has 7 rings (SSSR count). The minimum atomic E-state index is -1.43. The maximum atomic E-state index is 11.7. The van der Waals surface area contributed by atoms with Gasteiger partial charge in [0.1, 0.15) is 11.3 Å². The van der Waals surface area contributed by atoms with E-state index in [1.807, 2.05) is 45.2 Å². The van der Waals surface area contributed by atoms with E-state index in [4.69, 9.17) is 9.40 Å². The van der Waals surface area contributed by atoms with Crippen LogP contribution in [0.15, 0.2) is 101 Å². The summed E-state index contributed by atoms with van der Waals surface area (Å²) < 4.78 is 9.01. The van der Waals surface area contributed by atoms with E-state index in [1.54, 1.807) is 0 Å². The number of aryl methyl sites for hydroxylation is 1. The molecule has 0 aliphatic heterocycles. The van der Waals surface area contributed by atoms with Gasteiger partial charge < -0.3 is 9.52 Å². The molecule has 3 heterocycles. The van der Waals surface area contributed by atoms with Crippen molar-refractivity contribution in [2.45, 2.75) is 79.9 Å². The van der Waals surface area contributed by atoms with Gasteiger partial charge in [-0.3, -0.25) is 9.78 Å². The number of nitrogens with zero attached hydrogens (tertiary/aromatic N) is 1. The molecule has 53 heavy (non-hydrogen) atoms. The van der Waals surface area contributed by atoms with E-state index in [1.165, 1.54) is 47.8 Å². The summed E-state index contributed by atoms with van der Waals surface area (Å²) in [6.45, 7) is 17.3. The van der Waals surface area contributed by atoms with Crippen molar-refractivity contribution in [3.8, 4) is 22.6 Å². The number of pyridine rings is 1. The number of aliphatic hydroxyl groups is 1. The molecule has 0 aliphatic carbocycles. The second kappa shape index (κ2) is 17.1. The quantitative estimate of drug-likeness (QED) is 0.0643. The van der Waals surface area contributed by atoms with Gasteiger partial charge in [0.15, 0.2) is 5.78 Å². The van der Waals surface area contributed by atoms with E-state index in [0.29, 0.717) is 0 Å². The number of furan rings is 1. The van der Waals surface area contributed by atoms with Gasteiger partial charge in [0, 0.05) is 71.1 Å². The Balaban J connectivity index is 0.000000290. The molecule has 1 N–H and O–H groups in total. The summed E-state index contributed by atoms with van der Waals surface area (Å²) in [5, 5.41) is 17.3. The Morgan fingerprint density at radius 1 is 0.868 bits per heavy atom. The van der Waals surface area contributed by atoms with Crippen molar-refractivity contribution >= 4 is 72.3 Å². The van der Waals surface area contributed by atoms with E-state index in [9.17, 15) is 9.90 Å². The summed E-state index contributed by atoms with van der Waals surface area (Å²) in [6.07, 6.45) is 6.80. The molecule has 0 aliphatic rings. The minimum Gasteiger partial charge on any atom is -0.512 e. The SMILES string of the molecule is CCC(CC)C(=O)/C=C(\O)C(CC)CC.Cc1c(-c2ccnc(-c3[c-]c4ccccc4c4c3sc3ccccc34)c2)oc2cc([Si](C)(C)C)ccc12.[Ir]. The van der Waals surface area contributed by atoms with E-state index < -0.39 is 8.07 Å². The molecule has 4 nitrogen and oxygen atoms in total. The number of carbonyl (C=O) groups excluding carboxylic acids is 1. The molecule has 1 radical (unpaired) electrons. The van der Waals surface area contributed by atoms with Crippen molar-refractivity contribution in [3.63, 3.8) is 0 Å². The Bertz CT molecular complexity index is 2410. The number of aromatic nitrogens is 1. The summed E-state index contributed by atoms with van der Waals surface area (Å²) in [5.41, 5.74) is 5.15. The average molecular weight is 917 g/mol. The zero-order valence-corrected chi connectivity index (χ0v) is 36.3. The first-order valence-corrected chi connectivity index (χ1v) is 23.0. The van der Waals surface area contributed by atoms with Gasteiger partial charge in [0.25, 0.3) is 0 Å². The van der Waals surface area contributed by atoms with Crippen molar-refractivity contribution in [2.24, 2.45) is 11.8 Å². The molecule has 4 aromatic carbocycles. The van der Waals surface area contributed by atoms with Gasteiger partial charge in [-0.25, -0.2) is 0 Å². The van der Waals surface area contributed by atoms with Gasteiger partial charge >= 0.3 is 0 Å². The molecule has 0 bridgehead atoms. The first-order valence-electron chi connectivity index (χ1n) is 18.7. The summed E-state index contributed by atoms with van der Waals surface area (Å²) in [4.78, 5) is 16.5. The second-order valence-corrected chi connectivity index (χ2v) is 20.9. The molecular formula is C46H50IrNO3SSi-. The molecule has 0 spiro atoms. The molecule has 0 unspecified atom stereocenters. The van der Waals surface area contributed by atoms with Crippen LogP contribution >= 0.6 is 11.3 Å². The van der Waals surface area contributed by atoms with Crippen LogP contribution in [0.2, 0.25) is 19.6 Å². The van der Waals surface area contributed by atoms with Crippen molar-refractivity contribution in [3.05, 3.63) is 109 Å². The molecule has 7 heteroatoms. The number of aliphatic hydroxyl groups excluding tert-OH is 1. The number of hydrogen-bond donors (Lipinski definition) is 1. The number of carbonyl (C=O) groups is 1. The molecule has 3 aromatic heterocycles. The fraction of sp³-hybridized carbons (Fsp3) is 0.304. The molecule has 277 valence electrons. The zero-order chi connectivity index (χ0) is 37.2. The Morgan fingerprint density at radius 2 is 1.53 bits per heavy atom. The summed E-state index contributed by atoms with van der Waals surface area (Å²) in [6, 6.07) is 31.9. The Morgan fingerprint density at radius 3 is 2.21 bits per heavy atom. The number of fused-ring (bicyclic) bond motifs is 6. The molecule has 0 fully saturated rings. The van der Waals surface area contributed by atoms with Crippen LogP contribution in [0, 0.1) is 24.8 Å². The number of ketones is 1. The summed E-state index contributed by atoms with van der Waals surface area (Å²) >= 11 is 1.82. The van der Waals surface area contributed by atoms with Gasteiger partial charge in [-0.2, -0.15) is 11.3 Å². The van der Waals surface area contributed by atoms with Crippen LogP contribution in [0.4, 0.5) is 0 Å². The fourth-order valence-corrected chi connectivity index (χ4v) is 9.50. The van der Waals surface area contributed by atoms with Gasteiger partial charge in [-0.05, 0) is 60.9 Å². The molecule has 0 atom stereocenters. The van der Waals surface area contributed by atoms with E-state index >= 15 is 0 Å². The van der Waals surface area contributed by atoms with Crippen LogP contribution in [0.1, 0.15) is 58.9 Å². The maximum Gasteiger partial charge on any atom is 0.162 e. The van der Waals surface area contributed by atoms with Crippen LogP contribution in [-0.2, 0) is 24.9 Å². The number of thiophene rings is 1. The van der Waals surface area contributed by atoms with E-state index in [0.717, 1.165) is 59.2 Å². The van der Waals surface area contributed by atoms with Gasteiger partial charge in [-0.15, -0.1) is 17.5 Å². The van der Waals surface area contributed by atoms with Crippen molar-refractivity contribution in [2.75, 3.05) is 0 Å². The standard InChI is InChI=1S/C33H26NOSSi.C13H24O2.Ir/c1-20-24-14-13-23(37(2,3)4)19-29(24)35-32(20)22-15-16-34-28(18-22)27-17-21-9-5-6-10-25(21)31-26-11-7-8-12-30(26)36-33(27)31;1-5-10(6-2)12(14)9-13(15)11(7-3)8-4;/h5-16,18-19H,1-4H3;9-11,14H,5-8H2,1-4H3;/q-1;;/b;12-9-;. The third-order valence-electron chi connectivity index (χ3n) is 10.4. The summed E-state index contributed by atoms with van der Waals surface area (Å²) in [5.74, 6) is 1.46. The second-order valence-electron chi connectivity index (χ2n) is 14.8. The molecule has 0 amide bonds. The Hall–Kier alpha value is -3.87. The van der Waals surface area contributed by atoms with Crippen LogP contribution in [-0.4, -0.2) is 23.9 Å². The smallest absolute Gasteiger partial charge is 0.162 e.